The van der Waals surface area contributed by atoms with E-state index in [1.165, 1.54) is 25.7 Å². The quantitative estimate of drug-likeness (QED) is 0.691. The molecule has 1 fully saturated rings. The van der Waals surface area contributed by atoms with E-state index >= 15 is 0 Å². The van der Waals surface area contributed by atoms with Crippen molar-refractivity contribution in [2.24, 2.45) is 17.1 Å². The van der Waals surface area contributed by atoms with Gasteiger partial charge in [0.05, 0.1) is 0 Å². The molecule has 0 saturated heterocycles. The predicted molar refractivity (Wildman–Crippen MR) is 53.3 cm³/mol. The molecule has 0 spiro atoms. The number of rotatable bonds is 3. The molecule has 0 aromatic heterocycles. The highest BCUT2D eigenvalue weighted by Crippen LogP contribution is 2.38. The van der Waals surface area contributed by atoms with Crippen molar-refractivity contribution in [3.8, 4) is 0 Å². The van der Waals surface area contributed by atoms with E-state index in [0.717, 1.165) is 5.92 Å². The van der Waals surface area contributed by atoms with Gasteiger partial charge >= 0.3 is 6.03 Å². The smallest absolute Gasteiger partial charge is 0.312 e. The summed E-state index contributed by atoms with van der Waals surface area (Å²) in [7, 11) is 0. The van der Waals surface area contributed by atoms with Crippen molar-refractivity contribution in [1.82, 2.24) is 5.32 Å². The molecule has 0 unspecified atom stereocenters. The summed E-state index contributed by atoms with van der Waals surface area (Å²) < 4.78 is 0. The minimum atomic E-state index is -0.411. The van der Waals surface area contributed by atoms with Crippen LogP contribution in [0.2, 0.25) is 0 Å². The number of nitrogens with one attached hydrogen (secondary N) is 1. The molecule has 0 aromatic rings. The van der Waals surface area contributed by atoms with Crippen molar-refractivity contribution in [3.05, 3.63) is 0 Å². The van der Waals surface area contributed by atoms with Crippen LogP contribution in [0.15, 0.2) is 0 Å². The van der Waals surface area contributed by atoms with E-state index in [1.54, 1.807) is 0 Å². The Balaban J connectivity index is 2.39. The first-order chi connectivity index (χ1) is 6.02. The lowest BCUT2D eigenvalue weighted by atomic mass is 9.78. The Kier molecular flexibility index (Phi) is 3.17. The van der Waals surface area contributed by atoms with Crippen LogP contribution in [0.3, 0.4) is 0 Å². The maximum Gasteiger partial charge on any atom is 0.312 e. The van der Waals surface area contributed by atoms with Gasteiger partial charge in [-0.1, -0.05) is 26.7 Å². The summed E-state index contributed by atoms with van der Waals surface area (Å²) in [4.78, 5) is 10.6. The van der Waals surface area contributed by atoms with Gasteiger partial charge in [0.25, 0.3) is 0 Å². The first-order valence-corrected chi connectivity index (χ1v) is 5.06. The third kappa shape index (κ3) is 2.90. The van der Waals surface area contributed by atoms with Crippen LogP contribution in [0.25, 0.3) is 0 Å². The molecule has 2 amide bonds. The second kappa shape index (κ2) is 3.99. The summed E-state index contributed by atoms with van der Waals surface area (Å²) in [6, 6.07) is -0.411. The first-order valence-electron chi connectivity index (χ1n) is 5.06. The van der Waals surface area contributed by atoms with E-state index in [-0.39, 0.29) is 5.41 Å². The van der Waals surface area contributed by atoms with Crippen LogP contribution in [0.4, 0.5) is 4.79 Å². The first kappa shape index (κ1) is 10.4. The predicted octanol–water partition coefficient (Wildman–Crippen LogP) is 1.87. The Hall–Kier alpha value is -0.730. The van der Waals surface area contributed by atoms with E-state index in [2.05, 4.69) is 19.2 Å². The molecule has 0 radical (unpaired) electrons. The Bertz CT molecular complexity index is 183. The van der Waals surface area contributed by atoms with Crippen molar-refractivity contribution in [2.75, 3.05) is 6.54 Å². The number of carbonyl (C=O) groups excluding carboxylic acids is 1. The van der Waals surface area contributed by atoms with E-state index in [1.807, 2.05) is 0 Å². The molecular weight excluding hydrogens is 164 g/mol. The standard InChI is InChI=1S/C10H20N2O/c1-10(2,7-12-9(11)13)8-5-3-4-6-8/h8H,3-7H2,1-2H3,(H3,11,12,13). The minimum Gasteiger partial charge on any atom is -0.352 e. The third-order valence-electron chi connectivity index (χ3n) is 3.18. The Morgan fingerprint density at radius 2 is 2.00 bits per heavy atom. The molecule has 0 aliphatic heterocycles. The molecule has 0 heterocycles. The number of hydrogen-bond donors (Lipinski definition) is 2. The van der Waals surface area contributed by atoms with Crippen LogP contribution in [0.1, 0.15) is 39.5 Å². The van der Waals surface area contributed by atoms with E-state index in [4.69, 9.17) is 5.73 Å². The van der Waals surface area contributed by atoms with Crippen LogP contribution >= 0.6 is 0 Å². The highest BCUT2D eigenvalue weighted by molar-refractivity contribution is 5.71. The van der Waals surface area contributed by atoms with E-state index in [0.29, 0.717) is 6.54 Å². The van der Waals surface area contributed by atoms with Gasteiger partial charge in [-0.05, 0) is 24.2 Å². The fourth-order valence-electron chi connectivity index (χ4n) is 2.17. The second-order valence-electron chi connectivity index (χ2n) is 4.69. The molecule has 1 rings (SSSR count). The van der Waals surface area contributed by atoms with Gasteiger partial charge < -0.3 is 11.1 Å². The Morgan fingerprint density at radius 3 is 2.46 bits per heavy atom. The number of urea groups is 1. The monoisotopic (exact) mass is 184 g/mol. The third-order valence-corrected chi connectivity index (χ3v) is 3.18. The number of nitrogens with two attached hydrogens (primary N) is 1. The molecular formula is C10H20N2O. The molecule has 1 aliphatic carbocycles. The minimum absolute atomic E-state index is 0.200. The lowest BCUT2D eigenvalue weighted by Gasteiger charge is -2.31. The van der Waals surface area contributed by atoms with Crippen LogP contribution < -0.4 is 11.1 Å². The average molecular weight is 184 g/mol. The van der Waals surface area contributed by atoms with Gasteiger partial charge in [0, 0.05) is 6.54 Å². The van der Waals surface area contributed by atoms with Crippen molar-refractivity contribution in [3.63, 3.8) is 0 Å². The summed E-state index contributed by atoms with van der Waals surface area (Å²) in [5.74, 6) is 0.749. The lowest BCUT2D eigenvalue weighted by molar-refractivity contribution is 0.203. The van der Waals surface area contributed by atoms with Crippen molar-refractivity contribution in [2.45, 2.75) is 39.5 Å². The Morgan fingerprint density at radius 1 is 1.46 bits per heavy atom. The van der Waals surface area contributed by atoms with Crippen LogP contribution in [-0.4, -0.2) is 12.6 Å². The molecule has 76 valence electrons. The van der Waals surface area contributed by atoms with Crippen molar-refractivity contribution < 1.29 is 4.79 Å². The zero-order valence-corrected chi connectivity index (χ0v) is 8.60. The summed E-state index contributed by atoms with van der Waals surface area (Å²) in [5.41, 5.74) is 5.25. The molecule has 1 saturated carbocycles. The highest BCUT2D eigenvalue weighted by Gasteiger charge is 2.31. The molecule has 3 N–H and O–H groups in total. The SMILES string of the molecule is CC(C)(CNC(N)=O)C1CCCC1. The van der Waals surface area contributed by atoms with Crippen LogP contribution in [-0.2, 0) is 0 Å². The topological polar surface area (TPSA) is 55.1 Å². The second-order valence-corrected chi connectivity index (χ2v) is 4.69. The number of carbonyl (C=O) groups is 1. The molecule has 1 aliphatic rings. The summed E-state index contributed by atoms with van der Waals surface area (Å²) in [6.45, 7) is 5.12. The molecule has 3 nitrogen and oxygen atoms in total. The zero-order valence-electron chi connectivity index (χ0n) is 8.60. The van der Waals surface area contributed by atoms with Crippen LogP contribution in [0.5, 0.6) is 0 Å². The van der Waals surface area contributed by atoms with E-state index in [9.17, 15) is 4.79 Å². The van der Waals surface area contributed by atoms with Gasteiger partial charge in [0.15, 0.2) is 0 Å². The largest absolute Gasteiger partial charge is 0.352 e. The lowest BCUT2D eigenvalue weighted by Crippen LogP contribution is -2.40. The van der Waals surface area contributed by atoms with Crippen LogP contribution in [0, 0.1) is 11.3 Å². The normalized spacial score (nSPS) is 18.9. The summed E-state index contributed by atoms with van der Waals surface area (Å²) in [5, 5.41) is 2.70. The van der Waals surface area contributed by atoms with Gasteiger partial charge in [-0.25, -0.2) is 4.79 Å². The zero-order chi connectivity index (χ0) is 9.90. The van der Waals surface area contributed by atoms with Gasteiger partial charge in [0.1, 0.15) is 0 Å². The van der Waals surface area contributed by atoms with E-state index < -0.39 is 6.03 Å². The van der Waals surface area contributed by atoms with Gasteiger partial charge in [-0.3, -0.25) is 0 Å². The number of hydrogen-bond acceptors (Lipinski definition) is 1. The van der Waals surface area contributed by atoms with Crippen molar-refractivity contribution in [1.29, 1.82) is 0 Å². The highest BCUT2D eigenvalue weighted by atomic mass is 16.2. The number of primary amides is 1. The van der Waals surface area contributed by atoms with Crippen molar-refractivity contribution >= 4 is 6.03 Å². The maximum atomic E-state index is 10.6. The van der Waals surface area contributed by atoms with Gasteiger partial charge in [0.2, 0.25) is 0 Å². The molecule has 0 atom stereocenters. The molecule has 0 bridgehead atoms. The maximum absolute atomic E-state index is 10.6. The van der Waals surface area contributed by atoms with Gasteiger partial charge in [-0.2, -0.15) is 0 Å². The fraction of sp³-hybridized carbons (Fsp3) is 0.900. The molecule has 3 heteroatoms. The molecule has 13 heavy (non-hydrogen) atoms. The summed E-state index contributed by atoms with van der Waals surface area (Å²) in [6.07, 6.45) is 5.27. The fourth-order valence-corrected chi connectivity index (χ4v) is 2.17. The summed E-state index contributed by atoms with van der Waals surface area (Å²) >= 11 is 0. The molecule has 0 aromatic carbocycles. The average Bonchev–Trinajstić information content (AvgIpc) is 2.53. The Labute approximate surface area is 80.1 Å². The van der Waals surface area contributed by atoms with Gasteiger partial charge in [-0.15, -0.1) is 0 Å². The number of amides is 2.